The Morgan fingerprint density at radius 2 is 1.95 bits per heavy atom. The first-order valence-corrected chi connectivity index (χ1v) is 7.32. The van der Waals surface area contributed by atoms with E-state index in [2.05, 4.69) is 13.0 Å². The Bertz CT molecular complexity index is 364. The van der Waals surface area contributed by atoms with Gasteiger partial charge in [-0.2, -0.15) is 0 Å². The quantitative estimate of drug-likeness (QED) is 0.694. The highest BCUT2D eigenvalue weighted by Gasteiger charge is 2.12. The second-order valence-electron chi connectivity index (χ2n) is 4.91. The Morgan fingerprint density at radius 3 is 2.58 bits per heavy atom. The van der Waals surface area contributed by atoms with Crippen molar-refractivity contribution in [1.29, 1.82) is 0 Å². The van der Waals surface area contributed by atoms with Gasteiger partial charge >= 0.3 is 0 Å². The van der Waals surface area contributed by atoms with Crippen LogP contribution in [0.5, 0.6) is 11.5 Å². The van der Waals surface area contributed by atoms with E-state index in [1.807, 2.05) is 26.0 Å². The van der Waals surface area contributed by atoms with Crippen LogP contribution >= 0.6 is 0 Å². The molecule has 0 aromatic heterocycles. The Balaban J connectivity index is 2.80. The molecule has 0 saturated carbocycles. The van der Waals surface area contributed by atoms with Crippen molar-refractivity contribution in [3.63, 3.8) is 0 Å². The van der Waals surface area contributed by atoms with Crippen LogP contribution in [0.25, 0.3) is 0 Å². The average molecular weight is 265 g/mol. The Kier molecular flexibility index (Phi) is 7.34. The lowest BCUT2D eigenvalue weighted by Gasteiger charge is -2.17. The molecule has 0 radical (unpaired) electrons. The van der Waals surface area contributed by atoms with Gasteiger partial charge in [-0.05, 0) is 38.3 Å². The van der Waals surface area contributed by atoms with Gasteiger partial charge in [-0.15, -0.1) is 0 Å². The Morgan fingerprint density at radius 1 is 1.16 bits per heavy atom. The first kappa shape index (κ1) is 15.8. The first-order chi connectivity index (χ1) is 9.19. The summed E-state index contributed by atoms with van der Waals surface area (Å²) in [6.07, 6.45) is 4.28. The van der Waals surface area contributed by atoms with Gasteiger partial charge in [0.1, 0.15) is 0 Å². The van der Waals surface area contributed by atoms with Gasteiger partial charge in [-0.1, -0.05) is 31.9 Å². The maximum atomic E-state index is 5.94. The second-order valence-corrected chi connectivity index (χ2v) is 4.91. The van der Waals surface area contributed by atoms with Crippen molar-refractivity contribution >= 4 is 0 Å². The number of hydrogen-bond donors (Lipinski definition) is 1. The SMILES string of the molecule is CCCCCOc1c(CC(C)N)cccc1OCC. The van der Waals surface area contributed by atoms with E-state index in [1.165, 1.54) is 12.8 Å². The number of nitrogens with two attached hydrogens (primary N) is 1. The molecule has 1 rings (SSSR count). The van der Waals surface area contributed by atoms with Gasteiger partial charge in [-0.3, -0.25) is 0 Å². The monoisotopic (exact) mass is 265 g/mol. The number of para-hydroxylation sites is 1. The molecule has 0 aliphatic rings. The number of ether oxygens (including phenoxy) is 2. The minimum Gasteiger partial charge on any atom is -0.490 e. The zero-order valence-corrected chi connectivity index (χ0v) is 12.4. The van der Waals surface area contributed by atoms with Crippen molar-refractivity contribution in [1.82, 2.24) is 0 Å². The second kappa shape index (κ2) is 8.81. The summed E-state index contributed by atoms with van der Waals surface area (Å²) >= 11 is 0. The van der Waals surface area contributed by atoms with Crippen LogP contribution in [0.3, 0.4) is 0 Å². The molecule has 0 heterocycles. The van der Waals surface area contributed by atoms with Crippen LogP contribution in [-0.4, -0.2) is 19.3 Å². The molecule has 0 spiro atoms. The van der Waals surface area contributed by atoms with Crippen LogP contribution in [0.4, 0.5) is 0 Å². The highest BCUT2D eigenvalue weighted by Crippen LogP contribution is 2.32. The van der Waals surface area contributed by atoms with E-state index in [9.17, 15) is 0 Å². The number of unbranched alkanes of at least 4 members (excludes halogenated alkanes) is 2. The third-order valence-corrected chi connectivity index (χ3v) is 2.90. The molecule has 1 atom stereocenters. The summed E-state index contributed by atoms with van der Waals surface area (Å²) in [6.45, 7) is 7.57. The minimum absolute atomic E-state index is 0.120. The number of hydrogen-bond acceptors (Lipinski definition) is 3. The molecule has 3 nitrogen and oxygen atoms in total. The largest absolute Gasteiger partial charge is 0.490 e. The van der Waals surface area contributed by atoms with Crippen molar-refractivity contribution < 1.29 is 9.47 Å². The van der Waals surface area contributed by atoms with Crippen LogP contribution in [0.2, 0.25) is 0 Å². The summed E-state index contributed by atoms with van der Waals surface area (Å²) in [5.41, 5.74) is 7.03. The molecule has 3 heteroatoms. The van der Waals surface area contributed by atoms with Crippen molar-refractivity contribution in [3.05, 3.63) is 23.8 Å². The topological polar surface area (TPSA) is 44.5 Å². The van der Waals surface area contributed by atoms with Gasteiger partial charge < -0.3 is 15.2 Å². The summed E-state index contributed by atoms with van der Waals surface area (Å²) in [5, 5.41) is 0. The summed E-state index contributed by atoms with van der Waals surface area (Å²) in [4.78, 5) is 0. The van der Waals surface area contributed by atoms with Gasteiger partial charge in [-0.25, -0.2) is 0 Å². The predicted octanol–water partition coefficient (Wildman–Crippen LogP) is 3.54. The minimum atomic E-state index is 0.120. The van der Waals surface area contributed by atoms with Gasteiger partial charge in [0.2, 0.25) is 0 Å². The fourth-order valence-electron chi connectivity index (χ4n) is 2.03. The highest BCUT2D eigenvalue weighted by molar-refractivity contribution is 5.47. The van der Waals surface area contributed by atoms with Crippen LogP contribution in [0.1, 0.15) is 45.6 Å². The van der Waals surface area contributed by atoms with E-state index in [4.69, 9.17) is 15.2 Å². The lowest BCUT2D eigenvalue weighted by atomic mass is 10.1. The molecule has 0 aliphatic carbocycles. The average Bonchev–Trinajstić information content (AvgIpc) is 2.37. The van der Waals surface area contributed by atoms with Crippen molar-refractivity contribution in [2.24, 2.45) is 5.73 Å². The van der Waals surface area contributed by atoms with Crippen LogP contribution in [-0.2, 0) is 6.42 Å². The smallest absolute Gasteiger partial charge is 0.164 e. The van der Waals surface area contributed by atoms with E-state index < -0.39 is 0 Å². The van der Waals surface area contributed by atoms with Gasteiger partial charge in [0.25, 0.3) is 0 Å². The van der Waals surface area contributed by atoms with Gasteiger partial charge in [0.15, 0.2) is 11.5 Å². The van der Waals surface area contributed by atoms with E-state index >= 15 is 0 Å². The van der Waals surface area contributed by atoms with E-state index in [0.717, 1.165) is 36.5 Å². The van der Waals surface area contributed by atoms with E-state index in [1.54, 1.807) is 0 Å². The van der Waals surface area contributed by atoms with Crippen LogP contribution in [0, 0.1) is 0 Å². The lowest BCUT2D eigenvalue weighted by Crippen LogP contribution is -2.18. The van der Waals surface area contributed by atoms with Gasteiger partial charge in [0.05, 0.1) is 13.2 Å². The Labute approximate surface area is 117 Å². The summed E-state index contributed by atoms with van der Waals surface area (Å²) in [5.74, 6) is 1.70. The van der Waals surface area contributed by atoms with Crippen molar-refractivity contribution in [2.75, 3.05) is 13.2 Å². The normalized spacial score (nSPS) is 12.2. The van der Waals surface area contributed by atoms with E-state index in [-0.39, 0.29) is 6.04 Å². The molecule has 2 N–H and O–H groups in total. The standard InChI is InChI=1S/C16H27NO2/c1-4-6-7-11-19-16-14(12-13(3)17)9-8-10-15(16)18-5-2/h8-10,13H,4-7,11-12,17H2,1-3H3. The summed E-state index contributed by atoms with van der Waals surface area (Å²) in [6, 6.07) is 6.15. The molecule has 0 saturated heterocycles. The zero-order chi connectivity index (χ0) is 14.1. The molecule has 1 aromatic carbocycles. The molecule has 0 bridgehead atoms. The fourth-order valence-corrected chi connectivity index (χ4v) is 2.03. The summed E-state index contributed by atoms with van der Waals surface area (Å²) in [7, 11) is 0. The molecule has 19 heavy (non-hydrogen) atoms. The molecular formula is C16H27NO2. The van der Waals surface area contributed by atoms with E-state index in [0.29, 0.717) is 6.61 Å². The molecular weight excluding hydrogens is 238 g/mol. The van der Waals surface area contributed by atoms with Crippen molar-refractivity contribution in [3.8, 4) is 11.5 Å². The highest BCUT2D eigenvalue weighted by atomic mass is 16.5. The fraction of sp³-hybridized carbons (Fsp3) is 0.625. The molecule has 1 unspecified atom stereocenters. The molecule has 1 aromatic rings. The van der Waals surface area contributed by atoms with Crippen molar-refractivity contribution in [2.45, 2.75) is 52.5 Å². The first-order valence-electron chi connectivity index (χ1n) is 7.32. The predicted molar refractivity (Wildman–Crippen MR) is 80.0 cm³/mol. The summed E-state index contributed by atoms with van der Waals surface area (Å²) < 4.78 is 11.6. The zero-order valence-electron chi connectivity index (χ0n) is 12.4. The molecule has 108 valence electrons. The Hall–Kier alpha value is -1.22. The molecule has 0 amide bonds. The van der Waals surface area contributed by atoms with Crippen LogP contribution < -0.4 is 15.2 Å². The maximum absolute atomic E-state index is 5.94. The van der Waals surface area contributed by atoms with Gasteiger partial charge in [0, 0.05) is 6.04 Å². The number of benzene rings is 1. The maximum Gasteiger partial charge on any atom is 0.164 e. The lowest BCUT2D eigenvalue weighted by molar-refractivity contribution is 0.268. The molecule has 0 aliphatic heterocycles. The number of rotatable bonds is 9. The van der Waals surface area contributed by atoms with Crippen LogP contribution in [0.15, 0.2) is 18.2 Å². The third-order valence-electron chi connectivity index (χ3n) is 2.90. The molecule has 0 fully saturated rings. The third kappa shape index (κ3) is 5.52.